The minimum Gasteiger partial charge on any atom is -0.380 e. The summed E-state index contributed by atoms with van der Waals surface area (Å²) in [6.07, 6.45) is 1.88. The monoisotopic (exact) mass is 262 g/mol. The summed E-state index contributed by atoms with van der Waals surface area (Å²) < 4.78 is 5.11. The Labute approximate surface area is 114 Å². The molecule has 4 heteroatoms. The molecular formula is C15H22N2O2. The molecule has 2 rings (SSSR count). The summed E-state index contributed by atoms with van der Waals surface area (Å²) in [5, 5.41) is 6.30. The van der Waals surface area contributed by atoms with Crippen molar-refractivity contribution in [2.24, 2.45) is 5.92 Å². The second-order valence-electron chi connectivity index (χ2n) is 5.00. The Bertz CT molecular complexity index is 414. The van der Waals surface area contributed by atoms with Crippen LogP contribution in [0.4, 0.5) is 0 Å². The molecule has 1 heterocycles. The summed E-state index contributed by atoms with van der Waals surface area (Å²) in [6, 6.07) is 8.13. The lowest BCUT2D eigenvalue weighted by molar-refractivity contribution is -0.125. The lowest BCUT2D eigenvalue weighted by Gasteiger charge is -2.21. The van der Waals surface area contributed by atoms with Gasteiger partial charge in [-0.1, -0.05) is 24.3 Å². The fraction of sp³-hybridized carbons (Fsp3) is 0.533. The molecule has 1 amide bonds. The first-order valence-electron chi connectivity index (χ1n) is 6.85. The fourth-order valence-corrected chi connectivity index (χ4v) is 2.41. The van der Waals surface area contributed by atoms with E-state index in [0.717, 1.165) is 37.1 Å². The van der Waals surface area contributed by atoms with Crippen LogP contribution in [-0.2, 0) is 22.7 Å². The largest absolute Gasteiger partial charge is 0.380 e. The maximum absolute atomic E-state index is 12.0. The topological polar surface area (TPSA) is 50.4 Å². The van der Waals surface area contributed by atoms with Crippen molar-refractivity contribution in [2.75, 3.05) is 20.2 Å². The SMILES string of the molecule is COCc1cccc(CNC(=O)C2CCNCC2)c1. The Morgan fingerprint density at radius 2 is 2.11 bits per heavy atom. The number of hydrogen-bond donors (Lipinski definition) is 2. The number of hydrogen-bond acceptors (Lipinski definition) is 3. The van der Waals surface area contributed by atoms with Gasteiger partial charge in [-0.05, 0) is 37.1 Å². The average molecular weight is 262 g/mol. The van der Waals surface area contributed by atoms with Crippen LogP contribution in [0, 0.1) is 5.92 Å². The van der Waals surface area contributed by atoms with E-state index in [1.165, 1.54) is 0 Å². The standard InChI is InChI=1S/C15H22N2O2/c1-19-11-13-4-2-3-12(9-13)10-17-15(18)14-5-7-16-8-6-14/h2-4,9,14,16H,5-8,10-11H2,1H3,(H,17,18). The molecule has 0 bridgehead atoms. The first-order valence-corrected chi connectivity index (χ1v) is 6.85. The van der Waals surface area contributed by atoms with E-state index in [-0.39, 0.29) is 11.8 Å². The van der Waals surface area contributed by atoms with Gasteiger partial charge < -0.3 is 15.4 Å². The normalized spacial score (nSPS) is 16.3. The molecular weight excluding hydrogens is 240 g/mol. The van der Waals surface area contributed by atoms with E-state index in [1.54, 1.807) is 7.11 Å². The summed E-state index contributed by atoms with van der Waals surface area (Å²) in [5.74, 6) is 0.349. The van der Waals surface area contributed by atoms with E-state index >= 15 is 0 Å². The van der Waals surface area contributed by atoms with Gasteiger partial charge in [-0.15, -0.1) is 0 Å². The molecule has 1 aliphatic heterocycles. The van der Waals surface area contributed by atoms with Crippen molar-refractivity contribution >= 4 is 5.91 Å². The first kappa shape index (κ1) is 14.0. The quantitative estimate of drug-likeness (QED) is 0.844. The van der Waals surface area contributed by atoms with Crippen molar-refractivity contribution in [3.8, 4) is 0 Å². The zero-order chi connectivity index (χ0) is 13.5. The van der Waals surface area contributed by atoms with Crippen molar-refractivity contribution in [1.82, 2.24) is 10.6 Å². The molecule has 4 nitrogen and oxygen atoms in total. The molecule has 104 valence electrons. The number of nitrogens with one attached hydrogen (secondary N) is 2. The number of benzene rings is 1. The fourth-order valence-electron chi connectivity index (χ4n) is 2.41. The van der Waals surface area contributed by atoms with Gasteiger partial charge in [0.15, 0.2) is 0 Å². The highest BCUT2D eigenvalue weighted by Gasteiger charge is 2.20. The van der Waals surface area contributed by atoms with Gasteiger partial charge in [0.1, 0.15) is 0 Å². The van der Waals surface area contributed by atoms with Crippen LogP contribution >= 0.6 is 0 Å². The zero-order valence-electron chi connectivity index (χ0n) is 11.4. The smallest absolute Gasteiger partial charge is 0.223 e. The molecule has 1 aliphatic rings. The first-order chi connectivity index (χ1) is 9.29. The highest BCUT2D eigenvalue weighted by Crippen LogP contribution is 2.12. The van der Waals surface area contributed by atoms with E-state index in [9.17, 15) is 4.79 Å². The summed E-state index contributed by atoms with van der Waals surface area (Å²) in [4.78, 5) is 12.0. The predicted molar refractivity (Wildman–Crippen MR) is 74.6 cm³/mol. The number of piperidine rings is 1. The maximum Gasteiger partial charge on any atom is 0.223 e. The van der Waals surface area contributed by atoms with Crippen molar-refractivity contribution in [1.29, 1.82) is 0 Å². The van der Waals surface area contributed by atoms with Crippen molar-refractivity contribution in [2.45, 2.75) is 26.0 Å². The number of rotatable bonds is 5. The number of ether oxygens (including phenoxy) is 1. The number of amides is 1. The number of carbonyl (C=O) groups excluding carboxylic acids is 1. The molecule has 0 spiro atoms. The van der Waals surface area contributed by atoms with Gasteiger partial charge in [-0.3, -0.25) is 4.79 Å². The average Bonchev–Trinajstić information content (AvgIpc) is 2.46. The van der Waals surface area contributed by atoms with E-state index in [1.807, 2.05) is 18.2 Å². The summed E-state index contributed by atoms with van der Waals surface area (Å²) in [6.45, 7) is 3.10. The minimum absolute atomic E-state index is 0.170. The van der Waals surface area contributed by atoms with Crippen LogP contribution < -0.4 is 10.6 Å². The van der Waals surface area contributed by atoms with E-state index < -0.39 is 0 Å². The summed E-state index contributed by atoms with van der Waals surface area (Å²) >= 11 is 0. The van der Waals surface area contributed by atoms with Gasteiger partial charge in [0, 0.05) is 19.6 Å². The lowest BCUT2D eigenvalue weighted by atomic mass is 9.97. The molecule has 0 saturated carbocycles. The van der Waals surface area contributed by atoms with Gasteiger partial charge in [-0.25, -0.2) is 0 Å². The zero-order valence-corrected chi connectivity index (χ0v) is 11.4. The van der Waals surface area contributed by atoms with Crippen molar-refractivity contribution in [3.63, 3.8) is 0 Å². The molecule has 1 aromatic rings. The predicted octanol–water partition coefficient (Wildman–Crippen LogP) is 1.45. The van der Waals surface area contributed by atoms with Crippen LogP contribution in [0.25, 0.3) is 0 Å². The molecule has 0 unspecified atom stereocenters. The van der Waals surface area contributed by atoms with Crippen LogP contribution in [0.3, 0.4) is 0 Å². The van der Waals surface area contributed by atoms with Crippen LogP contribution in [-0.4, -0.2) is 26.1 Å². The molecule has 0 radical (unpaired) electrons. The Balaban J connectivity index is 1.83. The summed E-state index contributed by atoms with van der Waals surface area (Å²) in [5.41, 5.74) is 2.26. The summed E-state index contributed by atoms with van der Waals surface area (Å²) in [7, 11) is 1.69. The van der Waals surface area contributed by atoms with Crippen LogP contribution in [0.15, 0.2) is 24.3 Å². The van der Waals surface area contributed by atoms with Gasteiger partial charge in [0.25, 0.3) is 0 Å². The van der Waals surface area contributed by atoms with E-state index in [2.05, 4.69) is 16.7 Å². The molecule has 1 aromatic carbocycles. The van der Waals surface area contributed by atoms with Gasteiger partial charge in [0.05, 0.1) is 6.61 Å². The number of carbonyl (C=O) groups is 1. The van der Waals surface area contributed by atoms with Gasteiger partial charge in [0.2, 0.25) is 5.91 Å². The van der Waals surface area contributed by atoms with Crippen molar-refractivity contribution < 1.29 is 9.53 Å². The van der Waals surface area contributed by atoms with E-state index in [0.29, 0.717) is 13.2 Å². The Kier molecular flexibility index (Phi) is 5.36. The molecule has 0 atom stereocenters. The van der Waals surface area contributed by atoms with Gasteiger partial charge >= 0.3 is 0 Å². The van der Waals surface area contributed by atoms with Crippen molar-refractivity contribution in [3.05, 3.63) is 35.4 Å². The molecule has 1 saturated heterocycles. The van der Waals surface area contributed by atoms with Crippen LogP contribution in [0.1, 0.15) is 24.0 Å². The molecule has 1 fully saturated rings. The Hall–Kier alpha value is -1.39. The van der Waals surface area contributed by atoms with E-state index in [4.69, 9.17) is 4.74 Å². The third kappa shape index (κ3) is 4.33. The lowest BCUT2D eigenvalue weighted by Crippen LogP contribution is -2.37. The highest BCUT2D eigenvalue weighted by molar-refractivity contribution is 5.78. The van der Waals surface area contributed by atoms with Crippen LogP contribution in [0.5, 0.6) is 0 Å². The third-order valence-corrected chi connectivity index (χ3v) is 3.48. The third-order valence-electron chi connectivity index (χ3n) is 3.48. The molecule has 2 N–H and O–H groups in total. The van der Waals surface area contributed by atoms with Gasteiger partial charge in [-0.2, -0.15) is 0 Å². The second-order valence-corrected chi connectivity index (χ2v) is 5.00. The molecule has 0 aliphatic carbocycles. The van der Waals surface area contributed by atoms with Crippen LogP contribution in [0.2, 0.25) is 0 Å². The second kappa shape index (κ2) is 7.26. The molecule has 19 heavy (non-hydrogen) atoms. The minimum atomic E-state index is 0.170. The molecule has 0 aromatic heterocycles. The number of methoxy groups -OCH3 is 1. The maximum atomic E-state index is 12.0. The Morgan fingerprint density at radius 1 is 1.37 bits per heavy atom. The highest BCUT2D eigenvalue weighted by atomic mass is 16.5. The Morgan fingerprint density at radius 3 is 2.84 bits per heavy atom.